The van der Waals surface area contributed by atoms with E-state index in [-0.39, 0.29) is 6.10 Å². The standard InChI is InChI=1S/C14H18N4O2S/c1-2-5-12(6-3-1)20-9-10-21-14-15-16-17-18(14)11-13-7-4-8-19-13/h1-3,5-6,13H,4,7-11H2/t13-/m0/s1. The lowest BCUT2D eigenvalue weighted by Gasteiger charge is -2.10. The van der Waals surface area contributed by atoms with Gasteiger partial charge in [-0.25, -0.2) is 4.68 Å². The zero-order valence-electron chi connectivity index (χ0n) is 11.7. The molecule has 0 N–H and O–H groups in total. The lowest BCUT2D eigenvalue weighted by Crippen LogP contribution is -2.17. The van der Waals surface area contributed by atoms with Crippen LogP contribution in [0.25, 0.3) is 0 Å². The van der Waals surface area contributed by atoms with Crippen LogP contribution in [0.2, 0.25) is 0 Å². The van der Waals surface area contributed by atoms with Crippen molar-refractivity contribution in [2.75, 3.05) is 19.0 Å². The molecule has 1 aliphatic rings. The first-order valence-corrected chi connectivity index (χ1v) is 8.09. The summed E-state index contributed by atoms with van der Waals surface area (Å²) < 4.78 is 13.1. The fourth-order valence-electron chi connectivity index (χ4n) is 2.20. The highest BCUT2D eigenvalue weighted by atomic mass is 32.2. The Morgan fingerprint density at radius 2 is 2.24 bits per heavy atom. The average Bonchev–Trinajstić information content (AvgIpc) is 3.18. The van der Waals surface area contributed by atoms with Gasteiger partial charge in [-0.15, -0.1) is 5.10 Å². The summed E-state index contributed by atoms with van der Waals surface area (Å²) in [5, 5.41) is 12.7. The predicted octanol–water partition coefficient (Wildman–Crippen LogP) is 2.02. The van der Waals surface area contributed by atoms with Crippen LogP contribution in [0.15, 0.2) is 35.5 Å². The van der Waals surface area contributed by atoms with Gasteiger partial charge in [0.1, 0.15) is 5.75 Å². The first kappa shape index (κ1) is 14.3. The normalized spacial score (nSPS) is 18.0. The summed E-state index contributed by atoms with van der Waals surface area (Å²) in [6.45, 7) is 2.20. The Hall–Kier alpha value is -1.60. The SMILES string of the molecule is c1ccc(OCCSc2nnnn2C[C@@H]2CCCO2)cc1. The van der Waals surface area contributed by atoms with Crippen LogP contribution in [-0.2, 0) is 11.3 Å². The molecular weight excluding hydrogens is 288 g/mol. The van der Waals surface area contributed by atoms with Crippen molar-refractivity contribution in [2.24, 2.45) is 0 Å². The van der Waals surface area contributed by atoms with Crippen LogP contribution in [0.5, 0.6) is 5.75 Å². The number of hydrogen-bond donors (Lipinski definition) is 0. The van der Waals surface area contributed by atoms with E-state index in [1.807, 2.05) is 35.0 Å². The van der Waals surface area contributed by atoms with Crippen molar-refractivity contribution < 1.29 is 9.47 Å². The maximum atomic E-state index is 5.65. The summed E-state index contributed by atoms with van der Waals surface area (Å²) in [5.74, 6) is 1.69. The van der Waals surface area contributed by atoms with Gasteiger partial charge in [0.25, 0.3) is 0 Å². The minimum Gasteiger partial charge on any atom is -0.493 e. The Kier molecular flexibility index (Phi) is 5.07. The van der Waals surface area contributed by atoms with Gasteiger partial charge in [0.15, 0.2) is 0 Å². The zero-order valence-corrected chi connectivity index (χ0v) is 12.5. The smallest absolute Gasteiger partial charge is 0.209 e. The fraction of sp³-hybridized carbons (Fsp3) is 0.500. The molecule has 112 valence electrons. The van der Waals surface area contributed by atoms with E-state index in [0.717, 1.165) is 42.7 Å². The second kappa shape index (κ2) is 7.42. The third kappa shape index (κ3) is 4.18. The number of rotatable bonds is 7. The predicted molar refractivity (Wildman–Crippen MR) is 79.5 cm³/mol. The molecule has 1 atom stereocenters. The summed E-state index contributed by atoms with van der Waals surface area (Å²) >= 11 is 1.60. The molecule has 7 heteroatoms. The van der Waals surface area contributed by atoms with E-state index in [9.17, 15) is 0 Å². The van der Waals surface area contributed by atoms with Crippen molar-refractivity contribution in [3.63, 3.8) is 0 Å². The quantitative estimate of drug-likeness (QED) is 0.576. The molecule has 1 aliphatic heterocycles. The first-order chi connectivity index (χ1) is 10.4. The van der Waals surface area contributed by atoms with Crippen molar-refractivity contribution in [1.29, 1.82) is 0 Å². The van der Waals surface area contributed by atoms with Crippen LogP contribution >= 0.6 is 11.8 Å². The molecule has 0 radical (unpaired) electrons. The molecular formula is C14H18N4O2S. The Balaban J connectivity index is 1.44. The van der Waals surface area contributed by atoms with Crippen LogP contribution in [0, 0.1) is 0 Å². The van der Waals surface area contributed by atoms with E-state index in [4.69, 9.17) is 9.47 Å². The van der Waals surface area contributed by atoms with E-state index >= 15 is 0 Å². The van der Waals surface area contributed by atoms with Crippen molar-refractivity contribution in [2.45, 2.75) is 30.6 Å². The Bertz CT molecular complexity index is 543. The number of para-hydroxylation sites is 1. The van der Waals surface area contributed by atoms with E-state index in [0.29, 0.717) is 6.61 Å². The number of benzene rings is 1. The van der Waals surface area contributed by atoms with Gasteiger partial charge in [-0.2, -0.15) is 0 Å². The molecule has 1 fully saturated rings. The third-order valence-corrected chi connectivity index (χ3v) is 4.15. The van der Waals surface area contributed by atoms with Crippen LogP contribution < -0.4 is 4.74 Å². The highest BCUT2D eigenvalue weighted by molar-refractivity contribution is 7.99. The van der Waals surface area contributed by atoms with Gasteiger partial charge in [-0.1, -0.05) is 30.0 Å². The minimum atomic E-state index is 0.244. The van der Waals surface area contributed by atoms with Gasteiger partial charge >= 0.3 is 0 Å². The number of thioether (sulfide) groups is 1. The van der Waals surface area contributed by atoms with E-state index < -0.39 is 0 Å². The van der Waals surface area contributed by atoms with Crippen LogP contribution in [0.4, 0.5) is 0 Å². The average molecular weight is 306 g/mol. The molecule has 6 nitrogen and oxygen atoms in total. The van der Waals surface area contributed by atoms with Crippen molar-refractivity contribution in [1.82, 2.24) is 20.2 Å². The van der Waals surface area contributed by atoms with Crippen molar-refractivity contribution in [3.05, 3.63) is 30.3 Å². The molecule has 2 heterocycles. The second-order valence-electron chi connectivity index (χ2n) is 4.79. The first-order valence-electron chi connectivity index (χ1n) is 7.10. The van der Waals surface area contributed by atoms with Gasteiger partial charge < -0.3 is 9.47 Å². The maximum Gasteiger partial charge on any atom is 0.209 e. The third-order valence-electron chi connectivity index (χ3n) is 3.23. The molecule has 0 unspecified atom stereocenters. The van der Waals surface area contributed by atoms with E-state index in [2.05, 4.69) is 15.5 Å². The minimum absolute atomic E-state index is 0.244. The lowest BCUT2D eigenvalue weighted by molar-refractivity contribution is 0.0912. The number of hydrogen-bond acceptors (Lipinski definition) is 6. The lowest BCUT2D eigenvalue weighted by atomic mass is 10.2. The molecule has 3 rings (SSSR count). The van der Waals surface area contributed by atoms with Gasteiger partial charge in [-0.3, -0.25) is 0 Å². The van der Waals surface area contributed by atoms with E-state index in [1.165, 1.54) is 0 Å². The molecule has 0 aliphatic carbocycles. The summed E-state index contributed by atoms with van der Waals surface area (Å²) in [7, 11) is 0. The Morgan fingerprint density at radius 1 is 1.33 bits per heavy atom. The molecule has 2 aromatic rings. The fourth-order valence-corrected chi connectivity index (χ4v) is 2.91. The summed E-state index contributed by atoms with van der Waals surface area (Å²) in [6, 6.07) is 9.80. The van der Waals surface area contributed by atoms with Gasteiger partial charge in [0, 0.05) is 12.4 Å². The Morgan fingerprint density at radius 3 is 3.05 bits per heavy atom. The highest BCUT2D eigenvalue weighted by Crippen LogP contribution is 2.18. The highest BCUT2D eigenvalue weighted by Gasteiger charge is 2.18. The second-order valence-corrected chi connectivity index (χ2v) is 5.85. The molecule has 0 bridgehead atoms. The van der Waals surface area contributed by atoms with Crippen LogP contribution in [0.3, 0.4) is 0 Å². The molecule has 21 heavy (non-hydrogen) atoms. The number of tetrazole rings is 1. The molecule has 1 saturated heterocycles. The largest absolute Gasteiger partial charge is 0.493 e. The van der Waals surface area contributed by atoms with Crippen molar-refractivity contribution >= 4 is 11.8 Å². The summed E-state index contributed by atoms with van der Waals surface area (Å²) in [4.78, 5) is 0. The molecule has 0 amide bonds. The summed E-state index contributed by atoms with van der Waals surface area (Å²) in [6.07, 6.45) is 2.45. The number of aromatic nitrogens is 4. The monoisotopic (exact) mass is 306 g/mol. The van der Waals surface area contributed by atoms with Crippen LogP contribution in [-0.4, -0.2) is 45.3 Å². The molecule has 0 spiro atoms. The van der Waals surface area contributed by atoms with Crippen LogP contribution in [0.1, 0.15) is 12.8 Å². The van der Waals surface area contributed by atoms with Crippen molar-refractivity contribution in [3.8, 4) is 5.75 Å². The molecule has 1 aromatic heterocycles. The van der Waals surface area contributed by atoms with Gasteiger partial charge in [0.2, 0.25) is 5.16 Å². The number of nitrogens with zero attached hydrogens (tertiary/aromatic N) is 4. The zero-order chi connectivity index (χ0) is 14.3. The Labute approximate surface area is 127 Å². The van der Waals surface area contributed by atoms with Gasteiger partial charge in [-0.05, 0) is 35.4 Å². The van der Waals surface area contributed by atoms with E-state index in [1.54, 1.807) is 11.8 Å². The topological polar surface area (TPSA) is 62.1 Å². The maximum absolute atomic E-state index is 5.65. The number of ether oxygens (including phenoxy) is 2. The molecule has 1 aromatic carbocycles. The molecule has 0 saturated carbocycles. The summed E-state index contributed by atoms with van der Waals surface area (Å²) in [5.41, 5.74) is 0. The van der Waals surface area contributed by atoms with Gasteiger partial charge in [0.05, 0.1) is 19.3 Å².